The van der Waals surface area contributed by atoms with Crippen molar-refractivity contribution in [2.45, 2.75) is 51.4 Å². The minimum absolute atomic E-state index is 0.00849. The number of benzene rings is 1. The summed E-state index contributed by atoms with van der Waals surface area (Å²) in [4.78, 5) is 0. The van der Waals surface area contributed by atoms with Gasteiger partial charge in [0, 0.05) is 4.47 Å². The Morgan fingerprint density at radius 2 is 1.94 bits per heavy atom. The van der Waals surface area contributed by atoms with E-state index in [1.165, 1.54) is 5.56 Å². The van der Waals surface area contributed by atoms with Gasteiger partial charge in [0.25, 0.3) is 0 Å². The van der Waals surface area contributed by atoms with Crippen molar-refractivity contribution in [1.29, 1.82) is 0 Å². The molecule has 1 atom stereocenters. The van der Waals surface area contributed by atoms with Gasteiger partial charge < -0.3 is 9.47 Å². The number of hydrogen-bond acceptors (Lipinski definition) is 2. The van der Waals surface area contributed by atoms with E-state index in [-0.39, 0.29) is 11.2 Å². The van der Waals surface area contributed by atoms with Gasteiger partial charge in [-0.05, 0) is 45.2 Å². The molecule has 0 N–H and O–H groups in total. The second-order valence-corrected chi connectivity index (χ2v) is 6.75. The summed E-state index contributed by atoms with van der Waals surface area (Å²) in [5.41, 5.74) is 1.04. The van der Waals surface area contributed by atoms with E-state index in [0.717, 1.165) is 17.3 Å². The van der Waals surface area contributed by atoms with Gasteiger partial charge in [-0.1, -0.05) is 34.1 Å². The van der Waals surface area contributed by atoms with Crippen molar-refractivity contribution in [2.24, 2.45) is 0 Å². The van der Waals surface area contributed by atoms with Crippen molar-refractivity contribution >= 4 is 15.9 Å². The van der Waals surface area contributed by atoms with Gasteiger partial charge in [-0.15, -0.1) is 0 Å². The van der Waals surface area contributed by atoms with Crippen LogP contribution in [0.5, 0.6) is 0 Å². The molecule has 0 saturated carbocycles. The summed E-state index contributed by atoms with van der Waals surface area (Å²) in [7, 11) is 0. The first-order chi connectivity index (χ1) is 8.40. The summed E-state index contributed by atoms with van der Waals surface area (Å²) in [6.07, 6.45) is 2.16. The molecule has 1 aromatic carbocycles. The zero-order valence-electron chi connectivity index (χ0n) is 11.3. The van der Waals surface area contributed by atoms with E-state index in [4.69, 9.17) is 9.47 Å². The van der Waals surface area contributed by atoms with E-state index in [2.05, 4.69) is 42.8 Å². The van der Waals surface area contributed by atoms with E-state index >= 15 is 0 Å². The Bertz CT molecular complexity index is 417. The molecule has 1 fully saturated rings. The summed E-state index contributed by atoms with van der Waals surface area (Å²) in [5, 5.41) is 0. The maximum absolute atomic E-state index is 6.07. The highest BCUT2D eigenvalue weighted by Crippen LogP contribution is 2.37. The lowest BCUT2D eigenvalue weighted by molar-refractivity contribution is -0.115. The third-order valence-corrected chi connectivity index (χ3v) is 4.18. The molecule has 1 aromatic rings. The number of rotatable bonds is 4. The van der Waals surface area contributed by atoms with Gasteiger partial charge in [-0.25, -0.2) is 0 Å². The molecule has 0 aliphatic carbocycles. The highest BCUT2D eigenvalue weighted by atomic mass is 79.9. The highest BCUT2D eigenvalue weighted by Gasteiger charge is 2.40. The molecule has 3 heteroatoms. The lowest BCUT2D eigenvalue weighted by atomic mass is 10.0. The molecule has 1 unspecified atom stereocenters. The third-order valence-electron chi connectivity index (χ3n) is 3.40. The second-order valence-electron chi connectivity index (χ2n) is 5.90. The fourth-order valence-electron chi connectivity index (χ4n) is 2.43. The molecule has 2 rings (SSSR count). The first-order valence-corrected chi connectivity index (χ1v) is 7.21. The molecule has 0 bridgehead atoms. The molecule has 0 aromatic heterocycles. The van der Waals surface area contributed by atoms with Gasteiger partial charge in [-0.3, -0.25) is 0 Å². The standard InChI is InChI=1S/C15H21BrO2/c1-14(2)8-9-15(3,18-14)11-17-10-12-6-4-5-7-13(12)16/h4-7H,8-11H2,1-3H3. The average molecular weight is 313 g/mol. The highest BCUT2D eigenvalue weighted by molar-refractivity contribution is 9.10. The van der Waals surface area contributed by atoms with Crippen LogP contribution in [0.15, 0.2) is 28.7 Å². The number of hydrogen-bond donors (Lipinski definition) is 0. The van der Waals surface area contributed by atoms with E-state index < -0.39 is 0 Å². The van der Waals surface area contributed by atoms with Gasteiger partial charge in [0.05, 0.1) is 24.4 Å². The second kappa shape index (κ2) is 5.32. The molecule has 0 spiro atoms. The smallest absolute Gasteiger partial charge is 0.0895 e. The van der Waals surface area contributed by atoms with Crippen LogP contribution >= 0.6 is 15.9 Å². The van der Waals surface area contributed by atoms with Crippen LogP contribution in [0, 0.1) is 0 Å². The zero-order valence-corrected chi connectivity index (χ0v) is 12.9. The fraction of sp³-hybridized carbons (Fsp3) is 0.600. The normalized spacial score (nSPS) is 26.4. The van der Waals surface area contributed by atoms with Crippen LogP contribution in [0.2, 0.25) is 0 Å². The Morgan fingerprint density at radius 3 is 2.56 bits per heavy atom. The zero-order chi connectivity index (χ0) is 13.2. The maximum atomic E-state index is 6.07. The van der Waals surface area contributed by atoms with Crippen LogP contribution in [-0.4, -0.2) is 17.8 Å². The SMILES string of the molecule is CC1(C)CCC(C)(COCc2ccccc2Br)O1. The van der Waals surface area contributed by atoms with Gasteiger partial charge >= 0.3 is 0 Å². The molecular weight excluding hydrogens is 292 g/mol. The summed E-state index contributed by atoms with van der Waals surface area (Å²) < 4.78 is 13.0. The largest absolute Gasteiger partial charge is 0.374 e. The Kier molecular flexibility index (Phi) is 4.15. The first kappa shape index (κ1) is 14.0. The van der Waals surface area contributed by atoms with Crippen LogP contribution in [0.25, 0.3) is 0 Å². The predicted octanol–water partition coefficient (Wildman–Crippen LogP) is 4.31. The van der Waals surface area contributed by atoms with Gasteiger partial charge in [0.15, 0.2) is 0 Å². The minimum Gasteiger partial charge on any atom is -0.374 e. The molecule has 0 amide bonds. The number of ether oxygens (including phenoxy) is 2. The van der Waals surface area contributed by atoms with Crippen molar-refractivity contribution in [3.63, 3.8) is 0 Å². The lowest BCUT2D eigenvalue weighted by Gasteiger charge is -2.27. The minimum atomic E-state index is -0.134. The summed E-state index contributed by atoms with van der Waals surface area (Å²) in [6, 6.07) is 8.15. The van der Waals surface area contributed by atoms with Crippen molar-refractivity contribution in [1.82, 2.24) is 0 Å². The number of halogens is 1. The molecule has 1 heterocycles. The predicted molar refractivity (Wildman–Crippen MR) is 76.6 cm³/mol. The Balaban J connectivity index is 1.85. The van der Waals surface area contributed by atoms with Gasteiger partial charge in [0.1, 0.15) is 0 Å². The van der Waals surface area contributed by atoms with E-state index in [1.807, 2.05) is 18.2 Å². The van der Waals surface area contributed by atoms with Crippen molar-refractivity contribution < 1.29 is 9.47 Å². The maximum Gasteiger partial charge on any atom is 0.0895 e. The van der Waals surface area contributed by atoms with E-state index in [1.54, 1.807) is 0 Å². The van der Waals surface area contributed by atoms with Gasteiger partial charge in [0.2, 0.25) is 0 Å². The van der Waals surface area contributed by atoms with Crippen LogP contribution in [-0.2, 0) is 16.1 Å². The molecule has 1 aliphatic heterocycles. The molecule has 18 heavy (non-hydrogen) atoms. The molecule has 1 aliphatic rings. The Hall–Kier alpha value is -0.380. The molecule has 2 nitrogen and oxygen atoms in total. The Morgan fingerprint density at radius 1 is 1.22 bits per heavy atom. The monoisotopic (exact) mass is 312 g/mol. The summed E-state index contributed by atoms with van der Waals surface area (Å²) >= 11 is 3.53. The molecule has 100 valence electrons. The van der Waals surface area contributed by atoms with Crippen molar-refractivity contribution in [2.75, 3.05) is 6.61 Å². The topological polar surface area (TPSA) is 18.5 Å². The average Bonchev–Trinajstić information content (AvgIpc) is 2.56. The third kappa shape index (κ3) is 3.56. The van der Waals surface area contributed by atoms with Crippen LogP contribution in [0.4, 0.5) is 0 Å². The van der Waals surface area contributed by atoms with E-state index in [0.29, 0.717) is 13.2 Å². The summed E-state index contributed by atoms with van der Waals surface area (Å²) in [5.74, 6) is 0. The summed E-state index contributed by atoms with van der Waals surface area (Å²) in [6.45, 7) is 7.71. The lowest BCUT2D eigenvalue weighted by Crippen LogP contribution is -2.33. The molecule has 1 saturated heterocycles. The van der Waals surface area contributed by atoms with Crippen molar-refractivity contribution in [3.8, 4) is 0 Å². The van der Waals surface area contributed by atoms with Crippen molar-refractivity contribution in [3.05, 3.63) is 34.3 Å². The van der Waals surface area contributed by atoms with Crippen LogP contribution in [0.3, 0.4) is 0 Å². The van der Waals surface area contributed by atoms with Crippen LogP contribution < -0.4 is 0 Å². The van der Waals surface area contributed by atoms with Crippen LogP contribution in [0.1, 0.15) is 39.2 Å². The fourth-order valence-corrected chi connectivity index (χ4v) is 2.83. The molecule has 0 radical (unpaired) electrons. The van der Waals surface area contributed by atoms with Gasteiger partial charge in [-0.2, -0.15) is 0 Å². The first-order valence-electron chi connectivity index (χ1n) is 6.42. The Labute approximate surface area is 118 Å². The van der Waals surface area contributed by atoms with E-state index in [9.17, 15) is 0 Å². The molecular formula is C15H21BrO2. The quantitative estimate of drug-likeness (QED) is 0.824.